The van der Waals surface area contributed by atoms with Gasteiger partial charge in [0.15, 0.2) is 0 Å². The highest BCUT2D eigenvalue weighted by Crippen LogP contribution is 2.19. The van der Waals surface area contributed by atoms with Crippen LogP contribution in [0.4, 0.5) is 0 Å². The maximum atomic E-state index is 11.5. The molecule has 0 aromatic heterocycles. The van der Waals surface area contributed by atoms with Gasteiger partial charge in [0.05, 0.1) is 6.61 Å². The molecule has 0 fully saturated rings. The van der Waals surface area contributed by atoms with Crippen molar-refractivity contribution >= 4 is 17.7 Å². The monoisotopic (exact) mass is 233 g/mol. The zero-order valence-electron chi connectivity index (χ0n) is 10.4. The average Bonchev–Trinajstić information content (AvgIpc) is 2.19. The Labute approximate surface area is 97.3 Å². The highest BCUT2D eigenvalue weighted by atomic mass is 32.2. The van der Waals surface area contributed by atoms with Gasteiger partial charge in [0.25, 0.3) is 0 Å². The number of hydrogen-bond donors (Lipinski definition) is 1. The number of esters is 1. The lowest BCUT2D eigenvalue weighted by Gasteiger charge is -2.25. The molecule has 0 spiro atoms. The van der Waals surface area contributed by atoms with Gasteiger partial charge >= 0.3 is 5.97 Å². The molecule has 0 heterocycles. The fourth-order valence-corrected chi connectivity index (χ4v) is 1.31. The summed E-state index contributed by atoms with van der Waals surface area (Å²) in [4.78, 5) is 11.5. The fourth-order valence-electron chi connectivity index (χ4n) is 1.08. The van der Waals surface area contributed by atoms with E-state index >= 15 is 0 Å². The normalized spacial score (nSPS) is 13.7. The van der Waals surface area contributed by atoms with Gasteiger partial charge in [-0.3, -0.25) is 4.79 Å². The minimum Gasteiger partial charge on any atom is -0.465 e. The van der Waals surface area contributed by atoms with Gasteiger partial charge in [-0.05, 0) is 33.4 Å². The number of ether oxygens (including phenoxy) is 1. The summed E-state index contributed by atoms with van der Waals surface area (Å²) in [5.74, 6) is -0.142. The molecule has 0 aliphatic carbocycles. The van der Waals surface area contributed by atoms with Gasteiger partial charge in [-0.15, -0.1) is 0 Å². The minimum atomic E-state index is -0.170. The van der Waals surface area contributed by atoms with E-state index in [4.69, 9.17) is 4.74 Å². The Balaban J connectivity index is 4.05. The summed E-state index contributed by atoms with van der Waals surface area (Å²) in [5.41, 5.74) is 0. The van der Waals surface area contributed by atoms with Crippen molar-refractivity contribution in [2.45, 2.75) is 44.9 Å². The predicted octanol–water partition coefficient (Wildman–Crippen LogP) is 2.06. The van der Waals surface area contributed by atoms with Gasteiger partial charge in [0, 0.05) is 11.3 Å². The lowest BCUT2D eigenvalue weighted by atomic mass is 10.1. The largest absolute Gasteiger partial charge is 0.465 e. The smallest absolute Gasteiger partial charge is 0.323 e. The van der Waals surface area contributed by atoms with Crippen LogP contribution in [0.5, 0.6) is 0 Å². The first-order valence-electron chi connectivity index (χ1n) is 5.42. The summed E-state index contributed by atoms with van der Waals surface area (Å²) in [5, 5.41) is 3.25. The molecular weight excluding hydrogens is 210 g/mol. The number of carbonyl (C=O) groups excluding carboxylic acids is 1. The van der Waals surface area contributed by atoms with Crippen LogP contribution >= 0.6 is 11.8 Å². The number of carbonyl (C=O) groups is 1. The van der Waals surface area contributed by atoms with Crippen LogP contribution in [0.2, 0.25) is 0 Å². The topological polar surface area (TPSA) is 38.3 Å². The second kappa shape index (κ2) is 7.12. The molecule has 0 aliphatic heterocycles. The van der Waals surface area contributed by atoms with E-state index in [0.717, 1.165) is 13.0 Å². The van der Waals surface area contributed by atoms with E-state index in [-0.39, 0.29) is 16.8 Å². The first-order valence-corrected chi connectivity index (χ1v) is 6.64. The molecule has 3 nitrogen and oxygen atoms in total. The number of rotatable bonds is 7. The SMILES string of the molecule is CCOC(=O)C(CC)NCC(C)(C)SC. The van der Waals surface area contributed by atoms with Crippen LogP contribution in [-0.2, 0) is 9.53 Å². The molecular formula is C11H23NO2S. The summed E-state index contributed by atoms with van der Waals surface area (Å²) < 4.78 is 5.14. The second-order valence-electron chi connectivity index (χ2n) is 4.06. The Morgan fingerprint density at radius 2 is 2.07 bits per heavy atom. The lowest BCUT2D eigenvalue weighted by Crippen LogP contribution is -2.43. The van der Waals surface area contributed by atoms with E-state index in [2.05, 4.69) is 25.4 Å². The molecule has 15 heavy (non-hydrogen) atoms. The Morgan fingerprint density at radius 3 is 2.47 bits per heavy atom. The molecule has 90 valence electrons. The molecule has 0 bridgehead atoms. The van der Waals surface area contributed by atoms with Crippen molar-refractivity contribution in [2.24, 2.45) is 0 Å². The third-order valence-corrected chi connectivity index (χ3v) is 3.56. The average molecular weight is 233 g/mol. The van der Waals surface area contributed by atoms with Crippen molar-refractivity contribution in [3.8, 4) is 0 Å². The molecule has 0 aromatic carbocycles. The van der Waals surface area contributed by atoms with E-state index in [0.29, 0.717) is 6.61 Å². The molecule has 0 saturated carbocycles. The summed E-state index contributed by atoms with van der Waals surface area (Å²) in [6, 6.07) is -0.170. The summed E-state index contributed by atoms with van der Waals surface area (Å²) >= 11 is 1.79. The van der Waals surface area contributed by atoms with Crippen molar-refractivity contribution in [3.05, 3.63) is 0 Å². The van der Waals surface area contributed by atoms with E-state index in [9.17, 15) is 4.79 Å². The molecule has 0 saturated heterocycles. The standard InChI is InChI=1S/C11H23NO2S/c1-6-9(10(13)14-7-2)12-8-11(3,4)15-5/h9,12H,6-8H2,1-5H3. The Morgan fingerprint density at radius 1 is 1.47 bits per heavy atom. The molecule has 1 atom stereocenters. The van der Waals surface area contributed by atoms with E-state index < -0.39 is 0 Å². The van der Waals surface area contributed by atoms with Crippen molar-refractivity contribution in [2.75, 3.05) is 19.4 Å². The van der Waals surface area contributed by atoms with Crippen LogP contribution in [0, 0.1) is 0 Å². The molecule has 1 unspecified atom stereocenters. The third kappa shape index (κ3) is 6.05. The maximum absolute atomic E-state index is 11.5. The van der Waals surface area contributed by atoms with Crippen LogP contribution in [0.3, 0.4) is 0 Å². The summed E-state index contributed by atoms with van der Waals surface area (Å²) in [7, 11) is 0. The molecule has 0 rings (SSSR count). The van der Waals surface area contributed by atoms with Gasteiger partial charge in [-0.1, -0.05) is 6.92 Å². The van der Waals surface area contributed by atoms with Crippen molar-refractivity contribution in [1.82, 2.24) is 5.32 Å². The second-order valence-corrected chi connectivity index (χ2v) is 5.57. The number of hydrogen-bond acceptors (Lipinski definition) is 4. The van der Waals surface area contributed by atoms with E-state index in [1.54, 1.807) is 11.8 Å². The van der Waals surface area contributed by atoms with E-state index in [1.807, 2.05) is 13.8 Å². The van der Waals surface area contributed by atoms with Crippen molar-refractivity contribution in [1.29, 1.82) is 0 Å². The zero-order valence-corrected chi connectivity index (χ0v) is 11.2. The first kappa shape index (κ1) is 14.8. The molecule has 0 aliphatic rings. The Bertz CT molecular complexity index is 195. The van der Waals surface area contributed by atoms with Gasteiger partial charge in [-0.2, -0.15) is 11.8 Å². The van der Waals surface area contributed by atoms with Crippen molar-refractivity contribution in [3.63, 3.8) is 0 Å². The summed E-state index contributed by atoms with van der Waals surface area (Å²) in [6.07, 6.45) is 2.84. The van der Waals surface area contributed by atoms with E-state index in [1.165, 1.54) is 0 Å². The van der Waals surface area contributed by atoms with Crippen LogP contribution in [0.15, 0.2) is 0 Å². The van der Waals surface area contributed by atoms with Crippen LogP contribution in [0.1, 0.15) is 34.1 Å². The Hall–Kier alpha value is -0.220. The lowest BCUT2D eigenvalue weighted by molar-refractivity contribution is -0.145. The summed E-state index contributed by atoms with van der Waals surface area (Å²) in [6.45, 7) is 9.39. The molecule has 1 N–H and O–H groups in total. The maximum Gasteiger partial charge on any atom is 0.323 e. The molecule has 0 aromatic rings. The molecule has 0 radical (unpaired) electrons. The van der Waals surface area contributed by atoms with Crippen LogP contribution in [0.25, 0.3) is 0 Å². The van der Waals surface area contributed by atoms with Crippen LogP contribution < -0.4 is 5.32 Å². The Kier molecular flexibility index (Phi) is 7.02. The van der Waals surface area contributed by atoms with Crippen LogP contribution in [-0.4, -0.2) is 36.2 Å². The third-order valence-electron chi connectivity index (χ3n) is 2.31. The quantitative estimate of drug-likeness (QED) is 0.683. The molecule has 0 amide bonds. The predicted molar refractivity (Wildman–Crippen MR) is 66.3 cm³/mol. The fraction of sp³-hybridized carbons (Fsp3) is 0.909. The first-order chi connectivity index (χ1) is 6.96. The number of nitrogens with one attached hydrogen (secondary N) is 1. The highest BCUT2D eigenvalue weighted by Gasteiger charge is 2.22. The molecule has 4 heteroatoms. The van der Waals surface area contributed by atoms with Gasteiger partial charge in [0.1, 0.15) is 6.04 Å². The van der Waals surface area contributed by atoms with Gasteiger partial charge in [0.2, 0.25) is 0 Å². The zero-order chi connectivity index (χ0) is 11.9. The highest BCUT2D eigenvalue weighted by molar-refractivity contribution is 7.99. The minimum absolute atomic E-state index is 0.142. The van der Waals surface area contributed by atoms with Crippen molar-refractivity contribution < 1.29 is 9.53 Å². The number of thioether (sulfide) groups is 1. The van der Waals surface area contributed by atoms with Gasteiger partial charge in [-0.25, -0.2) is 0 Å². The van der Waals surface area contributed by atoms with Gasteiger partial charge < -0.3 is 10.1 Å².